The maximum absolute atomic E-state index is 11.5. The molecule has 0 fully saturated rings. The highest BCUT2D eigenvalue weighted by molar-refractivity contribution is 5.80. The number of carboxylic acids is 1. The van der Waals surface area contributed by atoms with Gasteiger partial charge in [-0.15, -0.1) is 0 Å². The van der Waals surface area contributed by atoms with Crippen molar-refractivity contribution in [3.63, 3.8) is 0 Å². The lowest BCUT2D eigenvalue weighted by Crippen LogP contribution is -2.25. The molecule has 0 radical (unpaired) electrons. The topological polar surface area (TPSA) is 185 Å². The molecule has 0 aliphatic carbocycles. The van der Waals surface area contributed by atoms with Crippen molar-refractivity contribution in [1.29, 1.82) is 0 Å². The third-order valence-corrected chi connectivity index (χ3v) is 6.18. The zero-order valence-corrected chi connectivity index (χ0v) is 29.7. The lowest BCUT2D eigenvalue weighted by Gasteiger charge is -2.09. The molecule has 0 unspecified atom stereocenters. The first-order chi connectivity index (χ1) is 24.1. The predicted octanol–water partition coefficient (Wildman–Crippen LogP) is 1.65. The Bertz CT molecular complexity index is 732. The van der Waals surface area contributed by atoms with Crippen molar-refractivity contribution in [2.45, 2.75) is 51.9 Å². The number of unbranched alkanes of at least 4 members (excludes halogenated alkanes) is 2. The molecule has 0 aromatic rings. The number of ether oxygens (including phenoxy) is 11. The summed E-state index contributed by atoms with van der Waals surface area (Å²) in [5.41, 5.74) is 0. The van der Waals surface area contributed by atoms with E-state index in [2.05, 4.69) is 12.2 Å². The average Bonchev–Trinajstić information content (AvgIpc) is 3.09. The maximum atomic E-state index is 11.5. The zero-order valence-electron chi connectivity index (χ0n) is 29.7. The van der Waals surface area contributed by atoms with E-state index in [1.54, 1.807) is 0 Å². The summed E-state index contributed by atoms with van der Waals surface area (Å²) in [6.07, 6.45) is 3.94. The highest BCUT2D eigenvalue weighted by Crippen LogP contribution is 2.00. The standard InChI is InChI=1S/C33H63NO15/c1-2-3-4-6-33(38)49-30-29-48-28-27-47-26-25-46-24-23-45-22-21-44-20-19-43-18-17-42-16-15-41-14-13-40-12-11-39-10-5-9-34-31(35)7-8-32(36)37/h2-30H2,1H3,(H,34,35)(H,36,37). The second-order valence-electron chi connectivity index (χ2n) is 10.4. The van der Waals surface area contributed by atoms with Gasteiger partial charge in [0.05, 0.1) is 132 Å². The summed E-state index contributed by atoms with van der Waals surface area (Å²) in [7, 11) is 0. The normalized spacial score (nSPS) is 11.2. The highest BCUT2D eigenvalue weighted by Gasteiger charge is 2.04. The molecule has 16 nitrogen and oxygen atoms in total. The Labute approximate surface area is 291 Å². The van der Waals surface area contributed by atoms with E-state index in [1.165, 1.54) is 0 Å². The number of carbonyl (C=O) groups is 3. The van der Waals surface area contributed by atoms with Crippen molar-refractivity contribution < 1.29 is 71.6 Å². The predicted molar refractivity (Wildman–Crippen MR) is 178 cm³/mol. The van der Waals surface area contributed by atoms with Crippen LogP contribution >= 0.6 is 0 Å². The quantitative estimate of drug-likeness (QED) is 0.0688. The van der Waals surface area contributed by atoms with Crippen LogP contribution in [0.1, 0.15) is 51.9 Å². The number of carbonyl (C=O) groups excluding carboxylic acids is 2. The van der Waals surface area contributed by atoms with Gasteiger partial charge in [0.2, 0.25) is 5.91 Å². The van der Waals surface area contributed by atoms with Crippen LogP contribution in [0.15, 0.2) is 0 Å². The van der Waals surface area contributed by atoms with Crippen molar-refractivity contribution in [2.24, 2.45) is 0 Å². The lowest BCUT2D eigenvalue weighted by atomic mass is 10.2. The number of amides is 1. The van der Waals surface area contributed by atoms with E-state index in [1.807, 2.05) is 0 Å². The molecule has 0 bridgehead atoms. The van der Waals surface area contributed by atoms with Crippen LogP contribution in [0.5, 0.6) is 0 Å². The Morgan fingerprint density at radius 3 is 1.12 bits per heavy atom. The van der Waals surface area contributed by atoms with Crippen molar-refractivity contribution in [3.05, 3.63) is 0 Å². The molecule has 0 spiro atoms. The average molecular weight is 714 g/mol. The van der Waals surface area contributed by atoms with Gasteiger partial charge in [-0.3, -0.25) is 14.4 Å². The Morgan fingerprint density at radius 1 is 0.429 bits per heavy atom. The van der Waals surface area contributed by atoms with Gasteiger partial charge in [-0.25, -0.2) is 0 Å². The third kappa shape index (κ3) is 42.1. The van der Waals surface area contributed by atoms with Crippen LogP contribution in [-0.4, -0.2) is 168 Å². The van der Waals surface area contributed by atoms with Gasteiger partial charge in [0.25, 0.3) is 0 Å². The van der Waals surface area contributed by atoms with E-state index >= 15 is 0 Å². The fraction of sp³-hybridized carbons (Fsp3) is 0.909. The van der Waals surface area contributed by atoms with Gasteiger partial charge >= 0.3 is 11.9 Å². The second-order valence-corrected chi connectivity index (χ2v) is 10.4. The number of hydrogen-bond donors (Lipinski definition) is 2. The molecule has 0 aromatic heterocycles. The van der Waals surface area contributed by atoms with Crippen molar-refractivity contribution in [2.75, 3.05) is 145 Å². The minimum Gasteiger partial charge on any atom is -0.481 e. The van der Waals surface area contributed by atoms with E-state index in [4.69, 9.17) is 57.2 Å². The van der Waals surface area contributed by atoms with Gasteiger partial charge in [-0.05, 0) is 12.8 Å². The van der Waals surface area contributed by atoms with Gasteiger partial charge in [0.1, 0.15) is 6.61 Å². The summed E-state index contributed by atoms with van der Waals surface area (Å²) < 4.78 is 59.5. The molecule has 0 saturated heterocycles. The largest absolute Gasteiger partial charge is 0.481 e. The summed E-state index contributed by atoms with van der Waals surface area (Å²) in [5.74, 6) is -1.42. The molecular formula is C33H63NO15. The van der Waals surface area contributed by atoms with Gasteiger partial charge in [-0.1, -0.05) is 19.8 Å². The van der Waals surface area contributed by atoms with E-state index in [0.29, 0.717) is 152 Å². The molecule has 0 heterocycles. The zero-order chi connectivity index (χ0) is 35.7. The van der Waals surface area contributed by atoms with Crippen LogP contribution < -0.4 is 5.32 Å². The van der Waals surface area contributed by atoms with E-state index in [-0.39, 0.29) is 31.3 Å². The summed E-state index contributed by atoms with van der Waals surface area (Å²) in [5, 5.41) is 11.2. The molecule has 0 atom stereocenters. The molecule has 0 aromatic carbocycles. The molecular weight excluding hydrogens is 650 g/mol. The monoisotopic (exact) mass is 713 g/mol. The second kappa shape index (κ2) is 40.4. The Morgan fingerprint density at radius 2 is 0.776 bits per heavy atom. The van der Waals surface area contributed by atoms with Crippen LogP contribution in [0, 0.1) is 0 Å². The van der Waals surface area contributed by atoms with Crippen molar-refractivity contribution in [3.8, 4) is 0 Å². The Kier molecular flexibility index (Phi) is 38.8. The van der Waals surface area contributed by atoms with Crippen LogP contribution in [0.3, 0.4) is 0 Å². The molecule has 49 heavy (non-hydrogen) atoms. The number of carboxylic acid groups (broad SMARTS) is 1. The van der Waals surface area contributed by atoms with Gasteiger partial charge in [0, 0.05) is 26.0 Å². The SMILES string of the molecule is CCCCCC(=O)OCCOCCOCCOCCOCCOCCOCCOCCOCCOCCOCCCNC(=O)CCC(=O)O. The van der Waals surface area contributed by atoms with Crippen LogP contribution in [0.25, 0.3) is 0 Å². The minimum absolute atomic E-state index is 0.0126. The van der Waals surface area contributed by atoms with E-state index in [9.17, 15) is 14.4 Å². The molecule has 0 aliphatic heterocycles. The first-order valence-electron chi connectivity index (χ1n) is 17.5. The summed E-state index contributed by atoms with van der Waals surface area (Å²) in [6, 6.07) is 0. The Balaban J connectivity index is 3.11. The molecule has 0 saturated carbocycles. The first kappa shape index (κ1) is 47.0. The number of esters is 1. The van der Waals surface area contributed by atoms with Crippen LogP contribution in [-0.2, 0) is 66.5 Å². The molecule has 1 amide bonds. The first-order valence-corrected chi connectivity index (χ1v) is 17.5. The van der Waals surface area contributed by atoms with Crippen LogP contribution in [0.2, 0.25) is 0 Å². The summed E-state index contributed by atoms with van der Waals surface area (Å²) in [4.78, 5) is 33.2. The Hall–Kier alpha value is -1.99. The number of hydrogen-bond acceptors (Lipinski definition) is 14. The lowest BCUT2D eigenvalue weighted by molar-refractivity contribution is -0.145. The van der Waals surface area contributed by atoms with E-state index < -0.39 is 5.97 Å². The van der Waals surface area contributed by atoms with Crippen molar-refractivity contribution in [1.82, 2.24) is 5.32 Å². The van der Waals surface area contributed by atoms with Gasteiger partial charge in [0.15, 0.2) is 0 Å². The smallest absolute Gasteiger partial charge is 0.305 e. The third-order valence-electron chi connectivity index (χ3n) is 6.18. The summed E-state index contributed by atoms with van der Waals surface area (Å²) in [6.45, 7) is 12.1. The highest BCUT2D eigenvalue weighted by atomic mass is 16.6. The number of rotatable bonds is 41. The fourth-order valence-electron chi connectivity index (χ4n) is 3.60. The maximum Gasteiger partial charge on any atom is 0.305 e. The molecule has 0 aliphatic rings. The molecule has 2 N–H and O–H groups in total. The number of aliphatic carboxylic acids is 1. The van der Waals surface area contributed by atoms with Gasteiger partial charge in [-0.2, -0.15) is 0 Å². The molecule has 290 valence electrons. The molecule has 0 rings (SSSR count). The van der Waals surface area contributed by atoms with Gasteiger partial charge < -0.3 is 62.5 Å². The minimum atomic E-state index is -0.985. The summed E-state index contributed by atoms with van der Waals surface area (Å²) >= 11 is 0. The van der Waals surface area contributed by atoms with Crippen molar-refractivity contribution >= 4 is 17.8 Å². The fourth-order valence-corrected chi connectivity index (χ4v) is 3.60. The van der Waals surface area contributed by atoms with Crippen LogP contribution in [0.4, 0.5) is 0 Å². The number of nitrogens with one attached hydrogen (secondary N) is 1. The van der Waals surface area contributed by atoms with E-state index in [0.717, 1.165) is 19.3 Å². The molecule has 16 heteroatoms.